The summed E-state index contributed by atoms with van der Waals surface area (Å²) in [6.45, 7) is 0. The highest BCUT2D eigenvalue weighted by molar-refractivity contribution is 6.48. The van der Waals surface area contributed by atoms with Crippen molar-refractivity contribution in [2.24, 2.45) is 0 Å². The van der Waals surface area contributed by atoms with Crippen molar-refractivity contribution in [2.75, 3.05) is 0 Å². The van der Waals surface area contributed by atoms with Crippen LogP contribution in [0.3, 0.4) is 0 Å². The predicted molar refractivity (Wildman–Crippen MR) is 319 cm³/mol. The van der Waals surface area contributed by atoms with Crippen LogP contribution in [0.25, 0.3) is 185 Å². The topological polar surface area (TPSA) is 0 Å². The number of hydrogen-bond acceptors (Lipinski definition) is 0. The van der Waals surface area contributed by atoms with Gasteiger partial charge in [-0.05, 0) is 210 Å². The van der Waals surface area contributed by atoms with Crippen molar-refractivity contribution >= 4 is 118 Å². The first-order chi connectivity index (χ1) is 36.7. The van der Waals surface area contributed by atoms with Gasteiger partial charge in [0, 0.05) is 0 Å². The number of hydrogen-bond donors (Lipinski definition) is 0. The van der Waals surface area contributed by atoms with Crippen molar-refractivity contribution < 1.29 is 0 Å². The quantitative estimate of drug-likeness (QED) is 0.122. The summed E-state index contributed by atoms with van der Waals surface area (Å²) in [5, 5.41) is 28.9. The molecule has 18 rings (SSSR count). The first kappa shape index (κ1) is 39.0. The zero-order valence-corrected chi connectivity index (χ0v) is 40.1. The average Bonchev–Trinajstić information content (AvgIpc) is 4.20. The Labute approximate surface area is 425 Å². The van der Waals surface area contributed by atoms with Crippen LogP contribution in [0.4, 0.5) is 0 Å². The molecule has 0 spiro atoms. The van der Waals surface area contributed by atoms with E-state index in [9.17, 15) is 0 Å². The highest BCUT2D eigenvalue weighted by Crippen LogP contribution is 2.58. The third-order valence-corrected chi connectivity index (χ3v) is 17.4. The molecule has 0 saturated carbocycles. The Morgan fingerprint density at radius 1 is 0.149 bits per heavy atom. The summed E-state index contributed by atoms with van der Waals surface area (Å²) in [6, 6.07) is 92.4. The van der Waals surface area contributed by atoms with Gasteiger partial charge in [-0.3, -0.25) is 0 Å². The van der Waals surface area contributed by atoms with Gasteiger partial charge in [0.15, 0.2) is 0 Å². The van der Waals surface area contributed by atoms with Crippen LogP contribution in [0.1, 0.15) is 0 Å². The molecule has 0 nitrogen and oxygen atoms in total. The van der Waals surface area contributed by atoms with Crippen molar-refractivity contribution in [3.63, 3.8) is 0 Å². The van der Waals surface area contributed by atoms with Crippen LogP contribution in [0.5, 0.6) is 0 Å². The van der Waals surface area contributed by atoms with Gasteiger partial charge in [-0.15, -0.1) is 0 Å². The third-order valence-electron chi connectivity index (χ3n) is 17.4. The molecule has 0 amide bonds. The normalized spacial score (nSPS) is 12.6. The molecular weight excluding hydrogens is 889 g/mol. The van der Waals surface area contributed by atoms with Gasteiger partial charge in [0.25, 0.3) is 0 Å². The molecule has 336 valence electrons. The second kappa shape index (κ2) is 14.1. The van der Waals surface area contributed by atoms with Gasteiger partial charge >= 0.3 is 0 Å². The fourth-order valence-electron chi connectivity index (χ4n) is 14.4. The molecule has 17 aromatic carbocycles. The Balaban J connectivity index is 1.06. The largest absolute Gasteiger partial charge is 0.0622 e. The molecule has 0 aliphatic heterocycles. The fraction of sp³-hybridized carbons (Fsp3) is 0. The maximum Gasteiger partial charge on any atom is -0.000718 e. The molecule has 17 aromatic rings. The molecule has 0 heteroatoms. The van der Waals surface area contributed by atoms with Crippen molar-refractivity contribution in [1.29, 1.82) is 0 Å². The standard InChI is InChI=1S/C74H40/c1-3-15-41(16-4-1)46-23-9-11-25-48(46)70-64-39-62-50-27-13-21-43-22-14-28-51(66(43)50)63(62)40-65(64)71(49-26-12-10-24-47(49)42-17-5-2-6-18-42)74-59-36-34-55-53-30-32-57-61-38-45-20-8-7-19-44(45)37-60(61)56-31-29-52(67(53)69(56)57)54-33-35-58(73(70)74)72(59)68(54)55/h1-40H. The van der Waals surface area contributed by atoms with Gasteiger partial charge in [-0.25, -0.2) is 0 Å². The van der Waals surface area contributed by atoms with Crippen LogP contribution < -0.4 is 0 Å². The van der Waals surface area contributed by atoms with Crippen molar-refractivity contribution in [3.05, 3.63) is 243 Å². The molecular formula is C74H40. The van der Waals surface area contributed by atoms with E-state index in [2.05, 4.69) is 243 Å². The van der Waals surface area contributed by atoms with E-state index in [-0.39, 0.29) is 0 Å². The molecule has 0 saturated heterocycles. The molecule has 0 fully saturated rings. The van der Waals surface area contributed by atoms with E-state index in [0.29, 0.717) is 0 Å². The number of fused-ring (bicyclic) bond motifs is 13. The van der Waals surface area contributed by atoms with E-state index in [1.807, 2.05) is 0 Å². The SMILES string of the molecule is c1ccc(-c2ccccc2-c2c3cc4c(cc3c(-c3ccccc3-c3ccccc3)c3c5ccc6c7ccc8c9c(ccc(c%10ccc(c23)c5c%106)c97)-c2cc3ccccc3cc2-8)c2cccc3cccc4c32)cc1. The Morgan fingerprint density at radius 3 is 1.00 bits per heavy atom. The van der Waals surface area contributed by atoms with Crippen LogP contribution in [-0.4, -0.2) is 0 Å². The molecule has 0 atom stereocenters. The molecule has 0 N–H and O–H groups in total. The number of rotatable bonds is 4. The Bertz CT molecular complexity index is 4960. The highest BCUT2D eigenvalue weighted by atomic mass is 14.3. The maximum atomic E-state index is 2.57. The summed E-state index contributed by atoms with van der Waals surface area (Å²) >= 11 is 0. The average molecular weight is 929 g/mol. The van der Waals surface area contributed by atoms with Gasteiger partial charge in [-0.2, -0.15) is 0 Å². The monoisotopic (exact) mass is 928 g/mol. The zero-order chi connectivity index (χ0) is 47.9. The zero-order valence-electron chi connectivity index (χ0n) is 40.1. The lowest BCUT2D eigenvalue weighted by molar-refractivity contribution is 1.61. The minimum Gasteiger partial charge on any atom is -0.0622 e. The van der Waals surface area contributed by atoms with Crippen LogP contribution >= 0.6 is 0 Å². The minimum absolute atomic E-state index is 1.21. The Hall–Kier alpha value is -9.62. The second-order valence-electron chi connectivity index (χ2n) is 20.9. The Kier molecular flexibility index (Phi) is 7.43. The molecule has 1 aliphatic rings. The molecule has 74 heavy (non-hydrogen) atoms. The minimum atomic E-state index is 1.21. The van der Waals surface area contributed by atoms with Gasteiger partial charge in [0.2, 0.25) is 0 Å². The summed E-state index contributed by atoms with van der Waals surface area (Å²) < 4.78 is 0. The van der Waals surface area contributed by atoms with Gasteiger partial charge < -0.3 is 0 Å². The molecule has 1 aliphatic carbocycles. The van der Waals surface area contributed by atoms with E-state index in [0.717, 1.165) is 0 Å². The molecule has 0 heterocycles. The lowest BCUT2D eigenvalue weighted by atomic mass is 9.82. The summed E-state index contributed by atoms with van der Waals surface area (Å²) in [6.07, 6.45) is 0. The third kappa shape index (κ3) is 4.88. The smallest absolute Gasteiger partial charge is 0.000718 e. The fourth-order valence-corrected chi connectivity index (χ4v) is 14.4. The van der Waals surface area contributed by atoms with E-state index in [4.69, 9.17) is 0 Å². The van der Waals surface area contributed by atoms with Gasteiger partial charge in [0.1, 0.15) is 0 Å². The molecule has 0 aromatic heterocycles. The van der Waals surface area contributed by atoms with Gasteiger partial charge in [-0.1, -0.05) is 218 Å². The molecule has 0 bridgehead atoms. The van der Waals surface area contributed by atoms with E-state index < -0.39 is 0 Å². The summed E-state index contributed by atoms with van der Waals surface area (Å²) in [7, 11) is 0. The molecule has 0 radical (unpaired) electrons. The van der Waals surface area contributed by atoms with E-state index in [1.165, 1.54) is 185 Å². The van der Waals surface area contributed by atoms with Crippen LogP contribution in [0, 0.1) is 0 Å². The van der Waals surface area contributed by atoms with Crippen molar-refractivity contribution in [1.82, 2.24) is 0 Å². The lowest BCUT2D eigenvalue weighted by Gasteiger charge is -2.21. The maximum absolute atomic E-state index is 2.57. The van der Waals surface area contributed by atoms with Crippen molar-refractivity contribution in [2.45, 2.75) is 0 Å². The van der Waals surface area contributed by atoms with Crippen molar-refractivity contribution in [3.8, 4) is 66.8 Å². The summed E-state index contributed by atoms with van der Waals surface area (Å²) in [5.74, 6) is 0. The van der Waals surface area contributed by atoms with Gasteiger partial charge in [0.05, 0.1) is 0 Å². The first-order valence-corrected chi connectivity index (χ1v) is 26.0. The first-order valence-electron chi connectivity index (χ1n) is 26.0. The Morgan fingerprint density at radius 2 is 0.514 bits per heavy atom. The number of benzene rings is 15. The molecule has 0 unspecified atom stereocenters. The van der Waals surface area contributed by atoms with Crippen LogP contribution in [-0.2, 0) is 0 Å². The lowest BCUT2D eigenvalue weighted by Crippen LogP contribution is -1.93. The summed E-state index contributed by atoms with van der Waals surface area (Å²) in [4.78, 5) is 0. The van der Waals surface area contributed by atoms with E-state index in [1.54, 1.807) is 0 Å². The van der Waals surface area contributed by atoms with Crippen LogP contribution in [0.2, 0.25) is 0 Å². The van der Waals surface area contributed by atoms with E-state index >= 15 is 0 Å². The summed E-state index contributed by atoms with van der Waals surface area (Å²) in [5.41, 5.74) is 15.3. The van der Waals surface area contributed by atoms with Crippen LogP contribution in [0.15, 0.2) is 243 Å². The second-order valence-corrected chi connectivity index (χ2v) is 20.9. The predicted octanol–water partition coefficient (Wildman–Crippen LogP) is 21.0. The highest BCUT2D eigenvalue weighted by Gasteiger charge is 2.30.